The van der Waals surface area contributed by atoms with Crippen molar-refractivity contribution in [3.63, 3.8) is 0 Å². The van der Waals surface area contributed by atoms with Gasteiger partial charge in [-0.15, -0.1) is 25.3 Å². The van der Waals surface area contributed by atoms with Crippen molar-refractivity contribution >= 4 is 30.2 Å². The number of rotatable bonds is 1. The maximum atomic E-state index is 4.30. The molecule has 11 heavy (non-hydrogen) atoms. The molecule has 0 aliphatic rings. The fourth-order valence-electron chi connectivity index (χ4n) is 0.886. The van der Waals surface area contributed by atoms with Crippen molar-refractivity contribution < 1.29 is 0 Å². The van der Waals surface area contributed by atoms with Crippen molar-refractivity contribution in [3.8, 4) is 0 Å². The van der Waals surface area contributed by atoms with E-state index >= 15 is 0 Å². The Morgan fingerprint density at radius 1 is 1.45 bits per heavy atom. The van der Waals surface area contributed by atoms with E-state index in [1.54, 1.807) is 0 Å². The van der Waals surface area contributed by atoms with Crippen LogP contribution in [0.1, 0.15) is 11.1 Å². The van der Waals surface area contributed by atoms with Crippen LogP contribution in [0, 0.1) is 6.92 Å². The Kier molecular flexibility index (Phi) is 2.68. The predicted octanol–water partition coefficient (Wildman–Crippen LogP) is 3.18. The Bertz CT molecular complexity index is 290. The van der Waals surface area contributed by atoms with Crippen LogP contribution < -0.4 is 0 Å². The van der Waals surface area contributed by atoms with Crippen LogP contribution in [0.25, 0.3) is 4.91 Å². The molecule has 0 N–H and O–H groups in total. The molecule has 0 heterocycles. The monoisotopic (exact) mass is 182 g/mol. The standard InChI is InChI=1S/C9H10S2/c1-6-3-4-8(7(2)10)9(11)5-6/h3-5,10-11H,2H2,1H3. The largest absolute Gasteiger partial charge is 0.143 e. The first kappa shape index (κ1) is 8.75. The van der Waals surface area contributed by atoms with E-state index in [-0.39, 0.29) is 0 Å². The van der Waals surface area contributed by atoms with Crippen molar-refractivity contribution in [2.45, 2.75) is 11.8 Å². The summed E-state index contributed by atoms with van der Waals surface area (Å²) >= 11 is 8.45. The predicted molar refractivity (Wildman–Crippen MR) is 56.5 cm³/mol. The van der Waals surface area contributed by atoms with Crippen molar-refractivity contribution in [1.29, 1.82) is 0 Å². The Morgan fingerprint density at radius 2 is 2.09 bits per heavy atom. The van der Waals surface area contributed by atoms with E-state index in [0.717, 1.165) is 15.4 Å². The third-order valence-electron chi connectivity index (χ3n) is 1.46. The fourth-order valence-corrected chi connectivity index (χ4v) is 1.58. The van der Waals surface area contributed by atoms with Gasteiger partial charge in [0.2, 0.25) is 0 Å². The lowest BCUT2D eigenvalue weighted by molar-refractivity contribution is 1.35. The van der Waals surface area contributed by atoms with E-state index in [4.69, 9.17) is 0 Å². The highest BCUT2D eigenvalue weighted by Crippen LogP contribution is 2.24. The molecule has 0 saturated carbocycles. The minimum absolute atomic E-state index is 0.759. The van der Waals surface area contributed by atoms with Gasteiger partial charge in [-0.25, -0.2) is 0 Å². The lowest BCUT2D eigenvalue weighted by Crippen LogP contribution is -1.80. The van der Waals surface area contributed by atoms with Gasteiger partial charge in [-0.05, 0) is 18.6 Å². The summed E-state index contributed by atoms with van der Waals surface area (Å²) in [4.78, 5) is 1.69. The topological polar surface area (TPSA) is 0 Å². The first-order valence-corrected chi connectivity index (χ1v) is 4.18. The van der Waals surface area contributed by atoms with Crippen LogP contribution in [-0.4, -0.2) is 0 Å². The van der Waals surface area contributed by atoms with Gasteiger partial charge in [-0.3, -0.25) is 0 Å². The lowest BCUT2D eigenvalue weighted by Gasteiger charge is -2.03. The van der Waals surface area contributed by atoms with Crippen LogP contribution in [0.15, 0.2) is 29.7 Å². The minimum atomic E-state index is 0.759. The molecule has 0 spiro atoms. The molecule has 0 fully saturated rings. The van der Waals surface area contributed by atoms with Crippen LogP contribution in [0.5, 0.6) is 0 Å². The molecular weight excluding hydrogens is 172 g/mol. The number of aryl methyl sites for hydroxylation is 1. The summed E-state index contributed by atoms with van der Waals surface area (Å²) in [6, 6.07) is 6.00. The van der Waals surface area contributed by atoms with Gasteiger partial charge < -0.3 is 0 Å². The average Bonchev–Trinajstić information content (AvgIpc) is 1.85. The summed E-state index contributed by atoms with van der Waals surface area (Å²) in [5.74, 6) is 0. The Hall–Kier alpha value is -0.340. The van der Waals surface area contributed by atoms with Crippen LogP contribution in [-0.2, 0) is 0 Å². The molecule has 0 radical (unpaired) electrons. The second kappa shape index (κ2) is 3.37. The van der Waals surface area contributed by atoms with E-state index in [1.165, 1.54) is 5.56 Å². The zero-order valence-electron chi connectivity index (χ0n) is 6.33. The van der Waals surface area contributed by atoms with Crippen LogP contribution in [0.2, 0.25) is 0 Å². The van der Waals surface area contributed by atoms with Crippen LogP contribution in [0.3, 0.4) is 0 Å². The van der Waals surface area contributed by atoms with E-state index in [9.17, 15) is 0 Å². The number of benzene rings is 1. The first-order valence-electron chi connectivity index (χ1n) is 3.29. The maximum Gasteiger partial charge on any atom is 0.0126 e. The molecule has 2 heteroatoms. The molecule has 0 aromatic heterocycles. The van der Waals surface area contributed by atoms with E-state index < -0.39 is 0 Å². The molecule has 0 unspecified atom stereocenters. The molecule has 58 valence electrons. The highest BCUT2D eigenvalue weighted by atomic mass is 32.1. The van der Waals surface area contributed by atoms with Crippen molar-refractivity contribution in [3.05, 3.63) is 35.9 Å². The number of thiol groups is 2. The van der Waals surface area contributed by atoms with Gasteiger partial charge in [0.25, 0.3) is 0 Å². The van der Waals surface area contributed by atoms with E-state index in [1.807, 2.05) is 25.1 Å². The zero-order chi connectivity index (χ0) is 8.43. The summed E-state index contributed by atoms with van der Waals surface area (Å²) < 4.78 is 0. The maximum absolute atomic E-state index is 4.30. The zero-order valence-corrected chi connectivity index (χ0v) is 8.12. The molecule has 0 atom stereocenters. The first-order chi connectivity index (χ1) is 5.11. The smallest absolute Gasteiger partial charge is 0.0126 e. The third kappa shape index (κ3) is 2.04. The van der Waals surface area contributed by atoms with E-state index in [2.05, 4.69) is 31.8 Å². The normalized spacial score (nSPS) is 9.73. The summed E-state index contributed by atoms with van der Waals surface area (Å²) in [6.07, 6.45) is 0. The highest BCUT2D eigenvalue weighted by molar-refractivity contribution is 7.90. The molecule has 0 aliphatic carbocycles. The van der Waals surface area contributed by atoms with Crippen molar-refractivity contribution in [1.82, 2.24) is 0 Å². The molecule has 0 nitrogen and oxygen atoms in total. The Labute approximate surface area is 78.1 Å². The van der Waals surface area contributed by atoms with Gasteiger partial charge in [0.05, 0.1) is 0 Å². The molecule has 0 bridgehead atoms. The van der Waals surface area contributed by atoms with Crippen LogP contribution in [0.4, 0.5) is 0 Å². The molecule has 0 aliphatic heterocycles. The summed E-state index contributed by atoms with van der Waals surface area (Å²) in [5, 5.41) is 0. The lowest BCUT2D eigenvalue weighted by atomic mass is 10.1. The fraction of sp³-hybridized carbons (Fsp3) is 0.111. The minimum Gasteiger partial charge on any atom is -0.143 e. The third-order valence-corrected chi connectivity index (χ3v) is 2.08. The highest BCUT2D eigenvalue weighted by Gasteiger charge is 1.98. The molecular formula is C9H10S2. The van der Waals surface area contributed by atoms with Crippen molar-refractivity contribution in [2.75, 3.05) is 0 Å². The SMILES string of the molecule is C=C(S)c1ccc(C)cc1S. The summed E-state index contributed by atoms with van der Waals surface area (Å²) in [6.45, 7) is 5.76. The second-order valence-electron chi connectivity index (χ2n) is 2.47. The quantitative estimate of drug-likeness (QED) is 0.612. The Balaban J connectivity index is 3.20. The average molecular weight is 182 g/mol. The second-order valence-corrected chi connectivity index (χ2v) is 3.49. The molecule has 1 aromatic rings. The number of hydrogen-bond acceptors (Lipinski definition) is 2. The van der Waals surface area contributed by atoms with Crippen LogP contribution >= 0.6 is 25.3 Å². The molecule has 0 saturated heterocycles. The number of hydrogen-bond donors (Lipinski definition) is 2. The molecule has 0 amide bonds. The van der Waals surface area contributed by atoms with Gasteiger partial charge >= 0.3 is 0 Å². The van der Waals surface area contributed by atoms with Gasteiger partial charge in [-0.1, -0.05) is 18.7 Å². The summed E-state index contributed by atoms with van der Waals surface area (Å²) in [5.41, 5.74) is 2.20. The van der Waals surface area contributed by atoms with Gasteiger partial charge in [-0.2, -0.15) is 0 Å². The summed E-state index contributed by atoms with van der Waals surface area (Å²) in [7, 11) is 0. The van der Waals surface area contributed by atoms with Gasteiger partial charge in [0, 0.05) is 15.4 Å². The van der Waals surface area contributed by atoms with Gasteiger partial charge in [0.15, 0.2) is 0 Å². The Morgan fingerprint density at radius 3 is 2.55 bits per heavy atom. The van der Waals surface area contributed by atoms with E-state index in [0.29, 0.717) is 0 Å². The van der Waals surface area contributed by atoms with Crippen molar-refractivity contribution in [2.24, 2.45) is 0 Å². The molecule has 1 rings (SSSR count). The van der Waals surface area contributed by atoms with Gasteiger partial charge in [0.1, 0.15) is 0 Å². The molecule has 1 aromatic carbocycles.